The predicted octanol–water partition coefficient (Wildman–Crippen LogP) is 13.2. The summed E-state index contributed by atoms with van der Waals surface area (Å²) in [6.45, 7) is 0. The third-order valence-electron chi connectivity index (χ3n) is 9.04. The van der Waals surface area contributed by atoms with Crippen LogP contribution in [0.3, 0.4) is 0 Å². The Morgan fingerprint density at radius 3 is 1.67 bits per heavy atom. The van der Waals surface area contributed by atoms with E-state index in [1.54, 1.807) is 0 Å². The molecule has 8 aromatic carbocycles. The van der Waals surface area contributed by atoms with E-state index in [9.17, 15) is 0 Å². The average molecular weight is 604 g/mol. The molecule has 0 saturated heterocycles. The number of hydrogen-bond acceptors (Lipinski definition) is 2. The Morgan fingerprint density at radius 1 is 0.348 bits per heavy atom. The fourth-order valence-corrected chi connectivity index (χ4v) is 7.99. The first-order chi connectivity index (χ1) is 22.8. The topological polar surface area (TPSA) is 3.24 Å². The van der Waals surface area contributed by atoms with Crippen molar-refractivity contribution in [3.8, 4) is 22.3 Å². The van der Waals surface area contributed by atoms with Gasteiger partial charge in [0.1, 0.15) is 0 Å². The van der Waals surface area contributed by atoms with Gasteiger partial charge in [-0.25, -0.2) is 0 Å². The third-order valence-corrected chi connectivity index (χ3v) is 10.3. The quantitative estimate of drug-likeness (QED) is 0.189. The van der Waals surface area contributed by atoms with Crippen LogP contribution in [0.5, 0.6) is 0 Å². The first-order valence-electron chi connectivity index (χ1n) is 15.7. The SMILES string of the molecule is c1ccc(-c2ccc(N(c3ccc(-c4cc5c6ccccc6sc5c5ccccc45)cc3)c3ccc4ccccc4c3)cc2)cc1. The molecule has 9 rings (SSSR count). The Morgan fingerprint density at radius 2 is 0.913 bits per heavy atom. The number of thiophene rings is 1. The van der Waals surface area contributed by atoms with Crippen LogP contribution in [-0.4, -0.2) is 0 Å². The van der Waals surface area contributed by atoms with Crippen molar-refractivity contribution in [3.05, 3.63) is 176 Å². The van der Waals surface area contributed by atoms with Gasteiger partial charge in [0, 0.05) is 42.6 Å². The van der Waals surface area contributed by atoms with Gasteiger partial charge in [-0.2, -0.15) is 0 Å². The van der Waals surface area contributed by atoms with Crippen LogP contribution in [0.25, 0.3) is 64.0 Å². The van der Waals surface area contributed by atoms with E-state index in [1.165, 1.54) is 64.0 Å². The fourth-order valence-electron chi connectivity index (χ4n) is 6.77. The van der Waals surface area contributed by atoms with Gasteiger partial charge in [-0.3, -0.25) is 0 Å². The van der Waals surface area contributed by atoms with Crippen LogP contribution in [0.15, 0.2) is 176 Å². The average Bonchev–Trinajstić information content (AvgIpc) is 3.51. The first kappa shape index (κ1) is 26.7. The number of fused-ring (bicyclic) bond motifs is 6. The van der Waals surface area contributed by atoms with Crippen molar-refractivity contribution < 1.29 is 0 Å². The molecule has 0 amide bonds. The normalized spacial score (nSPS) is 11.5. The molecule has 0 unspecified atom stereocenters. The summed E-state index contributed by atoms with van der Waals surface area (Å²) >= 11 is 1.89. The summed E-state index contributed by atoms with van der Waals surface area (Å²) in [6, 6.07) is 63.9. The van der Waals surface area contributed by atoms with Crippen molar-refractivity contribution in [1.82, 2.24) is 0 Å². The highest BCUT2D eigenvalue weighted by molar-refractivity contribution is 7.26. The van der Waals surface area contributed by atoms with E-state index in [0.29, 0.717) is 0 Å². The van der Waals surface area contributed by atoms with E-state index in [4.69, 9.17) is 0 Å². The van der Waals surface area contributed by atoms with E-state index in [0.717, 1.165) is 17.1 Å². The summed E-state index contributed by atoms with van der Waals surface area (Å²) in [4.78, 5) is 2.36. The Hall–Kier alpha value is -5.70. The van der Waals surface area contributed by atoms with Gasteiger partial charge < -0.3 is 4.90 Å². The monoisotopic (exact) mass is 603 g/mol. The Kier molecular flexibility index (Phi) is 6.40. The van der Waals surface area contributed by atoms with Crippen molar-refractivity contribution in [3.63, 3.8) is 0 Å². The summed E-state index contributed by atoms with van der Waals surface area (Å²) in [6.07, 6.45) is 0. The van der Waals surface area contributed by atoms with Gasteiger partial charge in [0.2, 0.25) is 0 Å². The minimum Gasteiger partial charge on any atom is -0.310 e. The van der Waals surface area contributed by atoms with Crippen LogP contribution in [0.2, 0.25) is 0 Å². The second-order valence-corrected chi connectivity index (χ2v) is 12.8. The van der Waals surface area contributed by atoms with Gasteiger partial charge in [-0.1, -0.05) is 127 Å². The van der Waals surface area contributed by atoms with Crippen LogP contribution in [-0.2, 0) is 0 Å². The number of nitrogens with zero attached hydrogens (tertiary/aromatic N) is 1. The van der Waals surface area contributed by atoms with E-state index in [2.05, 4.69) is 181 Å². The minimum atomic E-state index is 1.12. The zero-order valence-corrected chi connectivity index (χ0v) is 25.9. The van der Waals surface area contributed by atoms with Crippen LogP contribution < -0.4 is 4.90 Å². The van der Waals surface area contributed by atoms with Gasteiger partial charge in [0.05, 0.1) is 0 Å². The van der Waals surface area contributed by atoms with Crippen LogP contribution in [0.1, 0.15) is 0 Å². The molecule has 0 fully saturated rings. The highest BCUT2D eigenvalue weighted by Gasteiger charge is 2.16. The zero-order valence-electron chi connectivity index (χ0n) is 25.1. The summed E-state index contributed by atoms with van der Waals surface area (Å²) in [5.74, 6) is 0. The lowest BCUT2D eigenvalue weighted by molar-refractivity contribution is 1.29. The molecule has 0 aliphatic rings. The molecule has 1 heterocycles. The molecule has 2 heteroatoms. The molecule has 0 aliphatic carbocycles. The molecule has 0 atom stereocenters. The van der Waals surface area contributed by atoms with E-state index >= 15 is 0 Å². The largest absolute Gasteiger partial charge is 0.310 e. The van der Waals surface area contributed by atoms with Gasteiger partial charge in [0.25, 0.3) is 0 Å². The molecular formula is C44H29NS. The van der Waals surface area contributed by atoms with Gasteiger partial charge in [0.15, 0.2) is 0 Å². The lowest BCUT2D eigenvalue weighted by Crippen LogP contribution is -2.09. The van der Waals surface area contributed by atoms with Gasteiger partial charge in [-0.05, 0) is 86.9 Å². The molecule has 0 N–H and O–H groups in total. The third kappa shape index (κ3) is 4.54. The van der Waals surface area contributed by atoms with Crippen LogP contribution in [0.4, 0.5) is 17.1 Å². The molecule has 1 aromatic heterocycles. The summed E-state index contributed by atoms with van der Waals surface area (Å²) in [7, 11) is 0. The molecule has 0 radical (unpaired) electrons. The second kappa shape index (κ2) is 11.0. The molecule has 0 bridgehead atoms. The molecule has 1 nitrogen and oxygen atoms in total. The van der Waals surface area contributed by atoms with Crippen LogP contribution in [0, 0.1) is 0 Å². The molecular weight excluding hydrogens is 575 g/mol. The van der Waals surface area contributed by atoms with E-state index < -0.39 is 0 Å². The Balaban J connectivity index is 1.18. The number of rotatable bonds is 5. The zero-order chi connectivity index (χ0) is 30.5. The molecule has 9 aromatic rings. The standard InChI is InChI=1S/C44H29NS/c1-2-10-30(11-3-1)32-18-23-35(24-19-32)45(37-27-20-31-12-4-5-13-34(31)28-37)36-25-21-33(22-26-36)41-29-42-39-15-8-9-17-43(39)46-44(42)40-16-7-6-14-38(40)41/h1-29H. The van der Waals surface area contributed by atoms with Crippen molar-refractivity contribution in [1.29, 1.82) is 0 Å². The maximum absolute atomic E-state index is 2.40. The lowest BCUT2D eigenvalue weighted by atomic mass is 9.95. The highest BCUT2D eigenvalue weighted by atomic mass is 32.1. The predicted molar refractivity (Wildman–Crippen MR) is 200 cm³/mol. The van der Waals surface area contributed by atoms with Crippen molar-refractivity contribution in [2.45, 2.75) is 0 Å². The Bertz CT molecular complexity index is 2510. The van der Waals surface area contributed by atoms with Crippen molar-refractivity contribution >= 4 is 70.1 Å². The summed E-state index contributed by atoms with van der Waals surface area (Å²) < 4.78 is 2.69. The lowest BCUT2D eigenvalue weighted by Gasteiger charge is -2.26. The highest BCUT2D eigenvalue weighted by Crippen LogP contribution is 2.43. The Labute approximate surface area is 272 Å². The number of anilines is 3. The summed E-state index contributed by atoms with van der Waals surface area (Å²) in [5, 5.41) is 7.73. The molecule has 216 valence electrons. The first-order valence-corrected chi connectivity index (χ1v) is 16.5. The van der Waals surface area contributed by atoms with Crippen molar-refractivity contribution in [2.75, 3.05) is 4.90 Å². The molecule has 0 spiro atoms. The second-order valence-electron chi connectivity index (χ2n) is 11.8. The molecule has 0 aliphatic heterocycles. The summed E-state index contributed by atoms with van der Waals surface area (Å²) in [5.41, 5.74) is 8.30. The smallest absolute Gasteiger partial charge is 0.0468 e. The van der Waals surface area contributed by atoms with Gasteiger partial charge >= 0.3 is 0 Å². The number of benzene rings is 8. The van der Waals surface area contributed by atoms with Gasteiger partial charge in [-0.15, -0.1) is 11.3 Å². The van der Waals surface area contributed by atoms with Crippen LogP contribution >= 0.6 is 11.3 Å². The maximum Gasteiger partial charge on any atom is 0.0468 e. The molecule has 46 heavy (non-hydrogen) atoms. The minimum absolute atomic E-state index is 1.12. The molecule has 0 saturated carbocycles. The van der Waals surface area contributed by atoms with E-state index in [-0.39, 0.29) is 0 Å². The van der Waals surface area contributed by atoms with Crippen molar-refractivity contribution in [2.24, 2.45) is 0 Å². The van der Waals surface area contributed by atoms with E-state index in [1.807, 2.05) is 11.3 Å². The number of hydrogen-bond donors (Lipinski definition) is 0. The maximum atomic E-state index is 2.40. The fraction of sp³-hybridized carbons (Fsp3) is 0.